The van der Waals surface area contributed by atoms with Gasteiger partial charge in [0.1, 0.15) is 0 Å². The Kier molecular flexibility index (Phi) is 6.19. The van der Waals surface area contributed by atoms with Crippen LogP contribution in [0.15, 0.2) is 58.5 Å². The molecule has 3 aromatic rings. The molecule has 0 aliphatic heterocycles. The van der Waals surface area contributed by atoms with Crippen LogP contribution < -0.4 is 5.56 Å². The van der Waals surface area contributed by atoms with Crippen molar-refractivity contribution in [1.29, 1.82) is 0 Å². The number of carbonyl (C=O) groups excluding carboxylic acids is 1. The van der Waals surface area contributed by atoms with Crippen LogP contribution in [-0.4, -0.2) is 21.1 Å². The first kappa shape index (κ1) is 22.4. The maximum Gasteiger partial charge on any atom is 0.258 e. The molecule has 0 bridgehead atoms. The van der Waals surface area contributed by atoms with Gasteiger partial charge in [-0.3, -0.25) is 14.2 Å². The minimum Gasteiger partial charge on any atom is -0.293 e. The SMILES string of the molecule is CCn1c(SCC(=O)c2ccc(Cl)cc2)nc2c(c1=O)C1(CCCCC1)Cc1ccccc1-2. The number of ketones is 1. The first-order valence-electron chi connectivity index (χ1n) is 11.7. The molecule has 0 amide bonds. The Balaban J connectivity index is 1.57. The van der Waals surface area contributed by atoms with Gasteiger partial charge in [-0.25, -0.2) is 4.98 Å². The molecule has 1 fully saturated rings. The van der Waals surface area contributed by atoms with Crippen LogP contribution in [-0.2, 0) is 18.4 Å². The van der Waals surface area contributed by atoms with Crippen LogP contribution in [0, 0.1) is 0 Å². The number of hydrogen-bond donors (Lipinski definition) is 0. The molecule has 0 radical (unpaired) electrons. The number of fused-ring (bicyclic) bond motifs is 4. The molecule has 2 aromatic carbocycles. The van der Waals surface area contributed by atoms with Crippen molar-refractivity contribution in [3.05, 3.63) is 80.6 Å². The Bertz CT molecular complexity index is 1260. The van der Waals surface area contributed by atoms with E-state index in [1.54, 1.807) is 28.8 Å². The van der Waals surface area contributed by atoms with E-state index in [1.807, 2.05) is 13.0 Å². The molecular weight excluding hydrogens is 452 g/mol. The first-order valence-corrected chi connectivity index (χ1v) is 13.0. The number of rotatable bonds is 5. The molecule has 0 N–H and O–H groups in total. The average Bonchev–Trinajstić information content (AvgIpc) is 2.83. The Morgan fingerprint density at radius 3 is 2.55 bits per heavy atom. The van der Waals surface area contributed by atoms with Crippen LogP contribution in [0.3, 0.4) is 0 Å². The summed E-state index contributed by atoms with van der Waals surface area (Å²) in [5.41, 5.74) is 4.63. The molecule has 1 saturated carbocycles. The number of carbonyl (C=O) groups is 1. The highest BCUT2D eigenvalue weighted by atomic mass is 35.5. The average molecular weight is 479 g/mol. The van der Waals surface area contributed by atoms with E-state index < -0.39 is 0 Å². The molecule has 6 heteroatoms. The lowest BCUT2D eigenvalue weighted by atomic mass is 9.62. The van der Waals surface area contributed by atoms with Crippen LogP contribution >= 0.6 is 23.4 Å². The second-order valence-corrected chi connectivity index (χ2v) is 10.4. The highest BCUT2D eigenvalue weighted by Crippen LogP contribution is 2.48. The van der Waals surface area contributed by atoms with Crippen molar-refractivity contribution in [2.45, 2.75) is 62.6 Å². The summed E-state index contributed by atoms with van der Waals surface area (Å²) in [5.74, 6) is 0.218. The monoisotopic (exact) mass is 478 g/mol. The van der Waals surface area contributed by atoms with Crippen LogP contribution in [0.5, 0.6) is 0 Å². The normalized spacial score (nSPS) is 16.3. The van der Waals surface area contributed by atoms with Crippen molar-refractivity contribution < 1.29 is 4.79 Å². The summed E-state index contributed by atoms with van der Waals surface area (Å²) in [6.07, 6.45) is 6.53. The number of halogens is 1. The lowest BCUT2D eigenvalue weighted by molar-refractivity contribution is 0.102. The lowest BCUT2D eigenvalue weighted by Crippen LogP contribution is -2.43. The molecular formula is C27H27ClN2O2S. The summed E-state index contributed by atoms with van der Waals surface area (Å²) in [4.78, 5) is 31.7. The number of thioether (sulfide) groups is 1. The fourth-order valence-electron chi connectivity index (χ4n) is 5.46. The molecule has 4 nitrogen and oxygen atoms in total. The van der Waals surface area contributed by atoms with E-state index >= 15 is 0 Å². The van der Waals surface area contributed by atoms with Gasteiger partial charge < -0.3 is 0 Å². The van der Waals surface area contributed by atoms with E-state index in [2.05, 4.69) is 18.2 Å². The van der Waals surface area contributed by atoms with Crippen LogP contribution in [0.4, 0.5) is 0 Å². The molecule has 0 saturated heterocycles. The summed E-state index contributed by atoms with van der Waals surface area (Å²) in [7, 11) is 0. The number of nitrogens with zero attached hydrogens (tertiary/aromatic N) is 2. The number of hydrogen-bond acceptors (Lipinski definition) is 4. The molecule has 1 heterocycles. The second kappa shape index (κ2) is 9.11. The zero-order valence-electron chi connectivity index (χ0n) is 18.8. The molecule has 0 atom stereocenters. The summed E-state index contributed by atoms with van der Waals surface area (Å²) in [6, 6.07) is 15.3. The smallest absolute Gasteiger partial charge is 0.258 e. The molecule has 1 aromatic heterocycles. The zero-order valence-corrected chi connectivity index (χ0v) is 20.3. The third-order valence-corrected chi connectivity index (χ3v) is 8.32. The van der Waals surface area contributed by atoms with Gasteiger partial charge in [-0.15, -0.1) is 0 Å². The van der Waals surface area contributed by atoms with Crippen LogP contribution in [0.25, 0.3) is 11.3 Å². The van der Waals surface area contributed by atoms with Gasteiger partial charge in [-0.05, 0) is 56.0 Å². The maximum absolute atomic E-state index is 13.9. The predicted octanol–water partition coefficient (Wildman–Crippen LogP) is 6.32. The van der Waals surface area contributed by atoms with Gasteiger partial charge in [-0.2, -0.15) is 0 Å². The first-order chi connectivity index (χ1) is 16.0. The van der Waals surface area contributed by atoms with Gasteiger partial charge >= 0.3 is 0 Å². The van der Waals surface area contributed by atoms with Crippen LogP contribution in [0.1, 0.15) is 60.5 Å². The molecule has 5 rings (SSSR count). The van der Waals surface area contributed by atoms with Crippen molar-refractivity contribution in [3.8, 4) is 11.3 Å². The van der Waals surface area contributed by atoms with Gasteiger partial charge in [0.05, 0.1) is 17.0 Å². The zero-order chi connectivity index (χ0) is 23.0. The molecule has 2 aliphatic carbocycles. The van der Waals surface area contributed by atoms with Gasteiger partial charge in [0.25, 0.3) is 5.56 Å². The maximum atomic E-state index is 13.9. The predicted molar refractivity (Wildman–Crippen MR) is 135 cm³/mol. The Labute approximate surface area is 203 Å². The topological polar surface area (TPSA) is 52.0 Å². The van der Waals surface area contributed by atoms with Gasteiger partial charge in [0.2, 0.25) is 0 Å². The van der Waals surface area contributed by atoms with Gasteiger partial charge in [0, 0.05) is 28.1 Å². The fraction of sp³-hybridized carbons (Fsp3) is 0.370. The minimum atomic E-state index is -0.120. The van der Waals surface area contributed by atoms with Gasteiger partial charge in [0.15, 0.2) is 10.9 Å². The van der Waals surface area contributed by atoms with E-state index in [-0.39, 0.29) is 22.5 Å². The summed E-state index contributed by atoms with van der Waals surface area (Å²) >= 11 is 7.30. The molecule has 1 spiro atoms. The lowest BCUT2D eigenvalue weighted by Gasteiger charge is -2.42. The van der Waals surface area contributed by atoms with E-state index in [4.69, 9.17) is 16.6 Å². The van der Waals surface area contributed by atoms with Crippen molar-refractivity contribution in [2.75, 3.05) is 5.75 Å². The second-order valence-electron chi connectivity index (χ2n) is 9.06. The summed E-state index contributed by atoms with van der Waals surface area (Å²) in [6.45, 7) is 2.51. The third kappa shape index (κ3) is 4.06. The molecule has 33 heavy (non-hydrogen) atoms. The quantitative estimate of drug-likeness (QED) is 0.245. The van der Waals surface area contributed by atoms with Crippen LogP contribution in [0.2, 0.25) is 5.02 Å². The Morgan fingerprint density at radius 1 is 1.09 bits per heavy atom. The Morgan fingerprint density at radius 2 is 1.82 bits per heavy atom. The number of aromatic nitrogens is 2. The summed E-state index contributed by atoms with van der Waals surface area (Å²) < 4.78 is 1.77. The fourth-order valence-corrected chi connectivity index (χ4v) is 6.54. The summed E-state index contributed by atoms with van der Waals surface area (Å²) in [5, 5.41) is 1.22. The van der Waals surface area contributed by atoms with Crippen molar-refractivity contribution >= 4 is 29.1 Å². The Hall–Kier alpha value is -2.37. The highest BCUT2D eigenvalue weighted by Gasteiger charge is 2.43. The highest BCUT2D eigenvalue weighted by molar-refractivity contribution is 7.99. The van der Waals surface area contributed by atoms with E-state index in [0.717, 1.165) is 48.9 Å². The molecule has 170 valence electrons. The van der Waals surface area contributed by atoms with Crippen molar-refractivity contribution in [2.24, 2.45) is 0 Å². The number of benzene rings is 2. The van der Waals surface area contributed by atoms with E-state index in [9.17, 15) is 9.59 Å². The van der Waals surface area contributed by atoms with E-state index in [0.29, 0.717) is 22.3 Å². The van der Waals surface area contributed by atoms with Crippen molar-refractivity contribution in [1.82, 2.24) is 9.55 Å². The van der Waals surface area contributed by atoms with Gasteiger partial charge in [-0.1, -0.05) is 66.9 Å². The number of Topliss-reactive ketones (excluding diaryl/α,β-unsaturated/α-hetero) is 1. The minimum absolute atomic E-state index is 0.00422. The largest absolute Gasteiger partial charge is 0.293 e. The standard InChI is InChI=1S/C27H27ClN2O2S/c1-2-30-25(32)23-24(29-26(30)33-17-22(31)18-10-12-20(28)13-11-18)21-9-5-4-8-19(21)16-27(23)14-6-3-7-15-27/h4-5,8-13H,2-3,6-7,14-17H2,1H3. The van der Waals surface area contributed by atoms with E-state index in [1.165, 1.54) is 23.7 Å². The molecule has 2 aliphatic rings. The third-order valence-electron chi connectivity index (χ3n) is 7.09. The molecule has 0 unspecified atom stereocenters. The van der Waals surface area contributed by atoms with Crippen molar-refractivity contribution in [3.63, 3.8) is 0 Å².